The third kappa shape index (κ3) is 4.00. The quantitative estimate of drug-likeness (QED) is 0.754. The van der Waals surface area contributed by atoms with Crippen LogP contribution in [0.5, 0.6) is 5.75 Å². The monoisotopic (exact) mass is 338 g/mol. The number of carbonyl (C=O) groups is 1. The average molecular weight is 338 g/mol. The van der Waals surface area contributed by atoms with Crippen LogP contribution < -0.4 is 10.1 Å². The molecule has 1 amide bonds. The number of amides is 1. The van der Waals surface area contributed by atoms with E-state index in [1.54, 1.807) is 7.11 Å². The normalized spacial score (nSPS) is 10.4. The zero-order chi connectivity index (χ0) is 16.9. The van der Waals surface area contributed by atoms with Crippen LogP contribution in [-0.2, 0) is 11.2 Å². The van der Waals surface area contributed by atoms with Gasteiger partial charge in [0.1, 0.15) is 5.75 Å². The van der Waals surface area contributed by atoms with Gasteiger partial charge >= 0.3 is 0 Å². The standard InChI is InChI=1S/C19H18N2O2S/c1-13-3-5-14(6-4-13)11-18(22)21-19-20-17(12-24-19)15-7-9-16(23-2)10-8-15/h3-10,12H,11H2,1-2H3,(H,20,21,22). The number of nitrogens with zero attached hydrogens (tertiary/aromatic N) is 1. The molecule has 4 nitrogen and oxygen atoms in total. The molecule has 2 aromatic carbocycles. The van der Waals surface area contributed by atoms with E-state index in [9.17, 15) is 4.79 Å². The number of aromatic nitrogens is 1. The lowest BCUT2D eigenvalue weighted by atomic mass is 10.1. The van der Waals surface area contributed by atoms with Crippen LogP contribution in [0.4, 0.5) is 5.13 Å². The van der Waals surface area contributed by atoms with Crippen molar-refractivity contribution < 1.29 is 9.53 Å². The summed E-state index contributed by atoms with van der Waals surface area (Å²) in [6, 6.07) is 15.6. The summed E-state index contributed by atoms with van der Waals surface area (Å²) in [5, 5.41) is 5.40. The van der Waals surface area contributed by atoms with Crippen LogP contribution in [0.25, 0.3) is 11.3 Å². The van der Waals surface area contributed by atoms with E-state index in [-0.39, 0.29) is 5.91 Å². The molecule has 0 spiro atoms. The van der Waals surface area contributed by atoms with Gasteiger partial charge in [-0.1, -0.05) is 29.8 Å². The molecule has 0 aliphatic rings. The molecule has 0 bridgehead atoms. The van der Waals surface area contributed by atoms with Gasteiger partial charge < -0.3 is 10.1 Å². The average Bonchev–Trinajstić information content (AvgIpc) is 3.05. The Kier molecular flexibility index (Phi) is 4.91. The smallest absolute Gasteiger partial charge is 0.230 e. The fourth-order valence-electron chi connectivity index (χ4n) is 2.28. The molecular formula is C19H18N2O2S. The first-order valence-corrected chi connectivity index (χ1v) is 8.47. The fraction of sp³-hybridized carbons (Fsp3) is 0.158. The number of methoxy groups -OCH3 is 1. The van der Waals surface area contributed by atoms with E-state index in [4.69, 9.17) is 4.74 Å². The van der Waals surface area contributed by atoms with Gasteiger partial charge in [0.2, 0.25) is 5.91 Å². The maximum atomic E-state index is 12.1. The summed E-state index contributed by atoms with van der Waals surface area (Å²) in [7, 11) is 1.64. The van der Waals surface area contributed by atoms with Gasteiger partial charge in [0.25, 0.3) is 0 Å². The number of hydrogen-bond acceptors (Lipinski definition) is 4. The SMILES string of the molecule is COc1ccc(-c2csc(NC(=O)Cc3ccc(C)cc3)n2)cc1. The van der Waals surface area contributed by atoms with Gasteiger partial charge in [-0.3, -0.25) is 4.79 Å². The zero-order valence-electron chi connectivity index (χ0n) is 13.6. The lowest BCUT2D eigenvalue weighted by Gasteiger charge is -2.03. The molecule has 0 saturated heterocycles. The molecule has 1 heterocycles. The lowest BCUT2D eigenvalue weighted by molar-refractivity contribution is -0.115. The largest absolute Gasteiger partial charge is 0.497 e. The number of ether oxygens (including phenoxy) is 1. The Morgan fingerprint density at radius 1 is 1.12 bits per heavy atom. The zero-order valence-corrected chi connectivity index (χ0v) is 14.4. The van der Waals surface area contributed by atoms with Crippen molar-refractivity contribution in [3.63, 3.8) is 0 Å². The Bertz CT molecular complexity index is 823. The van der Waals surface area contributed by atoms with Crippen molar-refractivity contribution in [2.45, 2.75) is 13.3 Å². The predicted octanol–water partition coefficient (Wildman–Crippen LogP) is 4.31. The Morgan fingerprint density at radius 3 is 2.50 bits per heavy atom. The van der Waals surface area contributed by atoms with Crippen LogP contribution >= 0.6 is 11.3 Å². The van der Waals surface area contributed by atoms with Crippen molar-refractivity contribution in [1.29, 1.82) is 0 Å². The minimum atomic E-state index is -0.0607. The molecule has 0 aliphatic carbocycles. The number of rotatable bonds is 5. The van der Waals surface area contributed by atoms with E-state index < -0.39 is 0 Å². The maximum Gasteiger partial charge on any atom is 0.230 e. The number of thiazole rings is 1. The minimum Gasteiger partial charge on any atom is -0.497 e. The molecule has 5 heteroatoms. The number of anilines is 1. The summed E-state index contributed by atoms with van der Waals surface area (Å²) in [5.74, 6) is 0.745. The third-order valence-corrected chi connectivity index (χ3v) is 4.38. The lowest BCUT2D eigenvalue weighted by Crippen LogP contribution is -2.14. The van der Waals surface area contributed by atoms with Gasteiger partial charge in [0.15, 0.2) is 5.13 Å². The fourth-order valence-corrected chi connectivity index (χ4v) is 3.02. The molecule has 0 aliphatic heterocycles. The number of carbonyl (C=O) groups excluding carboxylic acids is 1. The van der Waals surface area contributed by atoms with E-state index in [1.807, 2.05) is 60.8 Å². The number of benzene rings is 2. The summed E-state index contributed by atoms with van der Waals surface area (Å²) < 4.78 is 5.15. The summed E-state index contributed by atoms with van der Waals surface area (Å²) in [6.07, 6.45) is 0.345. The minimum absolute atomic E-state index is 0.0607. The van der Waals surface area contributed by atoms with Gasteiger partial charge in [0.05, 0.1) is 19.2 Å². The molecule has 3 aromatic rings. The first-order valence-electron chi connectivity index (χ1n) is 7.59. The van der Waals surface area contributed by atoms with Gasteiger partial charge in [-0.2, -0.15) is 0 Å². The molecular weight excluding hydrogens is 320 g/mol. The Labute approximate surface area is 145 Å². The van der Waals surface area contributed by atoms with Crippen LogP contribution in [0.15, 0.2) is 53.9 Å². The van der Waals surface area contributed by atoms with Crippen molar-refractivity contribution in [3.05, 3.63) is 65.0 Å². The molecule has 122 valence electrons. The van der Waals surface area contributed by atoms with Crippen molar-refractivity contribution in [1.82, 2.24) is 4.98 Å². The van der Waals surface area contributed by atoms with Crippen molar-refractivity contribution in [3.8, 4) is 17.0 Å². The topological polar surface area (TPSA) is 51.2 Å². The van der Waals surface area contributed by atoms with Crippen LogP contribution in [-0.4, -0.2) is 18.0 Å². The Balaban J connectivity index is 1.64. The van der Waals surface area contributed by atoms with Crippen LogP contribution in [0.3, 0.4) is 0 Å². The molecule has 0 radical (unpaired) electrons. The van der Waals surface area contributed by atoms with E-state index >= 15 is 0 Å². The Morgan fingerprint density at radius 2 is 1.83 bits per heavy atom. The number of aryl methyl sites for hydroxylation is 1. The highest BCUT2D eigenvalue weighted by atomic mass is 32.1. The summed E-state index contributed by atoms with van der Waals surface area (Å²) in [5.41, 5.74) is 4.01. The first kappa shape index (κ1) is 16.2. The highest BCUT2D eigenvalue weighted by Gasteiger charge is 2.09. The first-order chi connectivity index (χ1) is 11.6. The van der Waals surface area contributed by atoms with Crippen molar-refractivity contribution in [2.24, 2.45) is 0 Å². The second-order valence-corrected chi connectivity index (χ2v) is 6.34. The van der Waals surface area contributed by atoms with Crippen molar-refractivity contribution >= 4 is 22.4 Å². The number of nitrogens with one attached hydrogen (secondary N) is 1. The molecule has 0 fully saturated rings. The molecule has 1 N–H and O–H groups in total. The van der Waals surface area contributed by atoms with Crippen LogP contribution in [0.2, 0.25) is 0 Å². The van der Waals surface area contributed by atoms with Gasteiger partial charge in [-0.15, -0.1) is 11.3 Å². The van der Waals surface area contributed by atoms with E-state index in [1.165, 1.54) is 16.9 Å². The van der Waals surface area contributed by atoms with Gasteiger partial charge in [-0.05, 0) is 36.8 Å². The molecule has 1 aromatic heterocycles. The van der Waals surface area contributed by atoms with E-state index in [0.29, 0.717) is 11.6 Å². The summed E-state index contributed by atoms with van der Waals surface area (Å²) in [6.45, 7) is 2.03. The molecule has 0 saturated carbocycles. The summed E-state index contributed by atoms with van der Waals surface area (Å²) >= 11 is 1.42. The molecule has 24 heavy (non-hydrogen) atoms. The predicted molar refractivity (Wildman–Crippen MR) is 97.6 cm³/mol. The highest BCUT2D eigenvalue weighted by molar-refractivity contribution is 7.14. The number of hydrogen-bond donors (Lipinski definition) is 1. The molecule has 3 rings (SSSR count). The van der Waals surface area contributed by atoms with Crippen LogP contribution in [0, 0.1) is 6.92 Å². The second kappa shape index (κ2) is 7.27. The highest BCUT2D eigenvalue weighted by Crippen LogP contribution is 2.26. The summed E-state index contributed by atoms with van der Waals surface area (Å²) in [4.78, 5) is 16.6. The van der Waals surface area contributed by atoms with Crippen molar-refractivity contribution in [2.75, 3.05) is 12.4 Å². The van der Waals surface area contributed by atoms with Crippen LogP contribution in [0.1, 0.15) is 11.1 Å². The second-order valence-electron chi connectivity index (χ2n) is 5.48. The van der Waals surface area contributed by atoms with E-state index in [2.05, 4.69) is 10.3 Å². The van der Waals surface area contributed by atoms with Gasteiger partial charge in [-0.25, -0.2) is 4.98 Å². The Hall–Kier alpha value is -2.66. The third-order valence-electron chi connectivity index (χ3n) is 3.62. The maximum absolute atomic E-state index is 12.1. The van der Waals surface area contributed by atoms with Gasteiger partial charge in [0, 0.05) is 10.9 Å². The molecule has 0 atom stereocenters. The van der Waals surface area contributed by atoms with E-state index in [0.717, 1.165) is 22.6 Å². The molecule has 0 unspecified atom stereocenters.